The Kier molecular flexibility index (Phi) is 5.34. The Morgan fingerprint density at radius 1 is 1.28 bits per heavy atom. The van der Waals surface area contributed by atoms with E-state index in [1.807, 2.05) is 27.7 Å². The van der Waals surface area contributed by atoms with Gasteiger partial charge < -0.3 is 19.7 Å². The highest BCUT2D eigenvalue weighted by Crippen LogP contribution is 2.38. The first-order chi connectivity index (χ1) is 11.5. The van der Waals surface area contributed by atoms with Crippen molar-refractivity contribution >= 4 is 25.1 Å². The van der Waals surface area contributed by atoms with Gasteiger partial charge in [0.1, 0.15) is 0 Å². The summed E-state index contributed by atoms with van der Waals surface area (Å²) in [4.78, 5) is 26.8. The molecule has 2 N–H and O–H groups in total. The number of hydrogen-bond donors (Lipinski definition) is 2. The first kappa shape index (κ1) is 19.1. The smallest absolute Gasteiger partial charge is 0.478 e. The van der Waals surface area contributed by atoms with E-state index in [0.29, 0.717) is 5.47 Å². The van der Waals surface area contributed by atoms with E-state index in [1.54, 1.807) is 12.1 Å². The summed E-state index contributed by atoms with van der Waals surface area (Å²) < 4.78 is 12.0. The molecule has 1 amide bonds. The summed E-state index contributed by atoms with van der Waals surface area (Å²) in [5.74, 6) is -1.28. The zero-order valence-electron chi connectivity index (χ0n) is 15.1. The van der Waals surface area contributed by atoms with Crippen molar-refractivity contribution in [3.63, 3.8) is 0 Å². The Balaban J connectivity index is 2.41. The quantitative estimate of drug-likeness (QED) is 0.791. The molecule has 0 aromatic carbocycles. The molecule has 1 aromatic rings. The van der Waals surface area contributed by atoms with E-state index in [1.165, 1.54) is 19.2 Å². The molecule has 1 fully saturated rings. The fraction of sp³-hybridized carbons (Fsp3) is 0.471. The highest BCUT2D eigenvalue weighted by molar-refractivity contribution is 6.56. The number of carboxylic acids is 1. The number of amides is 1. The van der Waals surface area contributed by atoms with Crippen LogP contribution in [0.1, 0.15) is 50.7 Å². The number of nitrogens with zero attached hydrogens (tertiary/aromatic N) is 1. The molecule has 134 valence electrons. The van der Waals surface area contributed by atoms with Crippen LogP contribution in [0.2, 0.25) is 0 Å². The van der Waals surface area contributed by atoms with Crippen LogP contribution in [0.3, 0.4) is 0 Å². The van der Waals surface area contributed by atoms with Crippen LogP contribution in [0.25, 0.3) is 6.08 Å². The zero-order valence-corrected chi connectivity index (χ0v) is 15.1. The lowest BCUT2D eigenvalue weighted by atomic mass is 9.77. The normalized spacial score (nSPS) is 18.9. The number of aromatic carboxylic acids is 1. The maximum absolute atomic E-state index is 11.4. The molecule has 0 atom stereocenters. The Bertz CT molecular complexity index is 699. The molecule has 1 aromatic heterocycles. The van der Waals surface area contributed by atoms with Gasteiger partial charge >= 0.3 is 13.1 Å². The van der Waals surface area contributed by atoms with Gasteiger partial charge in [-0.05, 0) is 51.4 Å². The van der Waals surface area contributed by atoms with E-state index in [-0.39, 0.29) is 23.7 Å². The highest BCUT2D eigenvalue weighted by atomic mass is 16.7. The van der Waals surface area contributed by atoms with Gasteiger partial charge in [-0.3, -0.25) is 9.78 Å². The van der Waals surface area contributed by atoms with Crippen molar-refractivity contribution < 1.29 is 24.0 Å². The van der Waals surface area contributed by atoms with Gasteiger partial charge in [0.2, 0.25) is 5.91 Å². The van der Waals surface area contributed by atoms with Crippen molar-refractivity contribution in [2.75, 3.05) is 6.54 Å². The number of carbonyl (C=O) groups excluding carboxylic acids is 1. The van der Waals surface area contributed by atoms with E-state index in [9.17, 15) is 14.7 Å². The number of nitrogens with one attached hydrogen (secondary N) is 1. The van der Waals surface area contributed by atoms with Gasteiger partial charge in [0, 0.05) is 19.7 Å². The number of hydrogen-bond acceptors (Lipinski definition) is 5. The van der Waals surface area contributed by atoms with Crippen molar-refractivity contribution in [1.82, 2.24) is 10.3 Å². The lowest BCUT2D eigenvalue weighted by Gasteiger charge is -2.32. The Morgan fingerprint density at radius 2 is 1.88 bits per heavy atom. The molecule has 1 saturated heterocycles. The number of rotatable bonds is 5. The van der Waals surface area contributed by atoms with E-state index < -0.39 is 24.3 Å². The van der Waals surface area contributed by atoms with Crippen LogP contribution in [-0.2, 0) is 14.1 Å². The van der Waals surface area contributed by atoms with Crippen LogP contribution >= 0.6 is 0 Å². The topological polar surface area (TPSA) is 97.8 Å². The highest BCUT2D eigenvalue weighted by Gasteiger charge is 2.52. The first-order valence-corrected chi connectivity index (χ1v) is 8.02. The van der Waals surface area contributed by atoms with Gasteiger partial charge in [-0.1, -0.05) is 0 Å². The molecule has 0 radical (unpaired) electrons. The number of carbonyl (C=O) groups is 2. The molecule has 0 spiro atoms. The summed E-state index contributed by atoms with van der Waals surface area (Å²) in [6.45, 7) is 9.27. The van der Waals surface area contributed by atoms with Gasteiger partial charge in [0.25, 0.3) is 0 Å². The summed E-state index contributed by atoms with van der Waals surface area (Å²) in [6.07, 6.45) is 3.11. The average molecular weight is 346 g/mol. The predicted octanol–water partition coefficient (Wildman–Crippen LogP) is 1.93. The number of pyridine rings is 1. The van der Waals surface area contributed by atoms with Crippen LogP contribution in [0.5, 0.6) is 0 Å². The molecule has 0 saturated carbocycles. The molecular weight excluding hydrogens is 323 g/mol. The van der Waals surface area contributed by atoms with Crippen molar-refractivity contribution in [3.05, 3.63) is 35.1 Å². The summed E-state index contributed by atoms with van der Waals surface area (Å²) in [5.41, 5.74) is -0.154. The molecule has 8 heteroatoms. The summed E-state index contributed by atoms with van der Waals surface area (Å²) in [7, 11) is -0.708. The molecule has 1 aliphatic heterocycles. The van der Waals surface area contributed by atoms with Gasteiger partial charge in [-0.15, -0.1) is 0 Å². The third-order valence-electron chi connectivity index (χ3n) is 4.49. The first-order valence-electron chi connectivity index (χ1n) is 8.02. The second kappa shape index (κ2) is 6.97. The van der Waals surface area contributed by atoms with E-state index in [4.69, 9.17) is 9.31 Å². The summed E-state index contributed by atoms with van der Waals surface area (Å²) >= 11 is 0. The lowest BCUT2D eigenvalue weighted by Crippen LogP contribution is -2.41. The minimum atomic E-state index is -1.08. The molecule has 0 unspecified atom stereocenters. The molecule has 2 heterocycles. The Labute approximate surface area is 147 Å². The number of aromatic nitrogens is 1. The molecule has 2 rings (SSSR count). The van der Waals surface area contributed by atoms with Gasteiger partial charge in [-0.2, -0.15) is 0 Å². The molecule has 25 heavy (non-hydrogen) atoms. The van der Waals surface area contributed by atoms with Crippen molar-refractivity contribution in [1.29, 1.82) is 0 Å². The maximum Gasteiger partial charge on any atom is 0.492 e. The van der Waals surface area contributed by atoms with Crippen molar-refractivity contribution in [3.8, 4) is 0 Å². The number of carboxylic acid groups (broad SMARTS) is 1. The third kappa shape index (κ3) is 4.26. The molecule has 0 bridgehead atoms. The zero-order chi connectivity index (χ0) is 18.8. The largest absolute Gasteiger partial charge is 0.492 e. The van der Waals surface area contributed by atoms with Gasteiger partial charge in [-0.25, -0.2) is 4.79 Å². The van der Waals surface area contributed by atoms with Crippen LogP contribution in [-0.4, -0.2) is 46.8 Å². The lowest BCUT2D eigenvalue weighted by molar-refractivity contribution is -0.118. The molecule has 7 nitrogen and oxygen atoms in total. The average Bonchev–Trinajstić information content (AvgIpc) is 2.71. The van der Waals surface area contributed by atoms with E-state index in [0.717, 1.165) is 0 Å². The molecule has 1 aliphatic rings. The van der Waals surface area contributed by atoms with Gasteiger partial charge in [0.05, 0.1) is 22.5 Å². The maximum atomic E-state index is 11.4. The second-order valence-electron chi connectivity index (χ2n) is 6.96. The standard InChI is InChI=1S/C17H23BN2O5/c1-11(21)20-10-12(18-24-16(2,3)17(4,5)25-18)9-14-13(15(22)23)7-6-8-19-14/h6-9H,10H2,1-5H3,(H,20,21)(H,22,23). The minimum absolute atomic E-state index is 0.0688. The van der Waals surface area contributed by atoms with Crippen LogP contribution < -0.4 is 5.32 Å². The fourth-order valence-corrected chi connectivity index (χ4v) is 2.31. The summed E-state index contributed by atoms with van der Waals surface area (Å²) in [5, 5.41) is 12.0. The van der Waals surface area contributed by atoms with Crippen LogP contribution in [0.4, 0.5) is 0 Å². The second-order valence-corrected chi connectivity index (χ2v) is 6.96. The minimum Gasteiger partial charge on any atom is -0.478 e. The van der Waals surface area contributed by atoms with Crippen LogP contribution in [0.15, 0.2) is 23.8 Å². The van der Waals surface area contributed by atoms with Crippen molar-refractivity contribution in [2.24, 2.45) is 0 Å². The van der Waals surface area contributed by atoms with Gasteiger partial charge in [0.15, 0.2) is 0 Å². The molecule has 0 aliphatic carbocycles. The Hall–Kier alpha value is -2.19. The van der Waals surface area contributed by atoms with E-state index in [2.05, 4.69) is 10.3 Å². The fourth-order valence-electron chi connectivity index (χ4n) is 2.31. The summed E-state index contributed by atoms with van der Waals surface area (Å²) in [6, 6.07) is 3.03. The Morgan fingerprint density at radius 3 is 2.40 bits per heavy atom. The van der Waals surface area contributed by atoms with Crippen LogP contribution in [0, 0.1) is 0 Å². The predicted molar refractivity (Wildman–Crippen MR) is 93.9 cm³/mol. The third-order valence-corrected chi connectivity index (χ3v) is 4.49. The van der Waals surface area contributed by atoms with Crippen molar-refractivity contribution in [2.45, 2.75) is 45.8 Å². The molecular formula is C17H23BN2O5. The monoisotopic (exact) mass is 346 g/mol. The van der Waals surface area contributed by atoms with E-state index >= 15 is 0 Å². The SMILES string of the molecule is CC(=O)NCC(=Cc1ncccc1C(=O)O)B1OC(C)(C)C(C)(C)O1.